The van der Waals surface area contributed by atoms with E-state index in [1.165, 1.54) is 0 Å². The molecule has 92 valence electrons. The second-order valence-corrected chi connectivity index (χ2v) is 3.75. The van der Waals surface area contributed by atoms with E-state index in [2.05, 4.69) is 0 Å². The van der Waals surface area contributed by atoms with E-state index in [0.717, 1.165) is 19.3 Å². The van der Waals surface area contributed by atoms with Gasteiger partial charge in [-0.3, -0.25) is 4.79 Å². The van der Waals surface area contributed by atoms with E-state index in [1.54, 1.807) is 0 Å². The Kier molecular flexibility index (Phi) is 5.21. The summed E-state index contributed by atoms with van der Waals surface area (Å²) in [4.78, 5) is 21.1. The molecule has 0 amide bonds. The van der Waals surface area contributed by atoms with Gasteiger partial charge in [0.25, 0.3) is 0 Å². The Bertz CT molecular complexity index is 246. The van der Waals surface area contributed by atoms with Crippen LogP contribution in [0.15, 0.2) is 0 Å². The third kappa shape index (κ3) is 4.59. The van der Waals surface area contributed by atoms with E-state index < -0.39 is 24.5 Å². The summed E-state index contributed by atoms with van der Waals surface area (Å²) in [5.41, 5.74) is 0. The lowest BCUT2D eigenvalue weighted by molar-refractivity contribution is -0.160. The summed E-state index contributed by atoms with van der Waals surface area (Å²) in [7, 11) is 0. The minimum atomic E-state index is -1.29. The highest BCUT2D eigenvalue weighted by Gasteiger charge is 2.24. The Hall–Kier alpha value is -1.14. The molecular weight excluding hydrogens is 216 g/mol. The van der Waals surface area contributed by atoms with Crippen molar-refractivity contribution in [3.8, 4) is 0 Å². The molecule has 0 aromatic carbocycles. The summed E-state index contributed by atoms with van der Waals surface area (Å²) < 4.78 is 10.4. The van der Waals surface area contributed by atoms with Crippen LogP contribution in [0.5, 0.6) is 0 Å². The number of rotatable bonds is 6. The smallest absolute Gasteiger partial charge is 0.333 e. The maximum Gasteiger partial charge on any atom is 0.333 e. The van der Waals surface area contributed by atoms with Crippen LogP contribution in [0.3, 0.4) is 0 Å². The molecule has 0 radical (unpaired) electrons. The highest BCUT2D eigenvalue weighted by Crippen LogP contribution is 2.14. The molecule has 1 saturated heterocycles. The molecule has 1 heterocycles. The fraction of sp³-hybridized carbons (Fsp3) is 0.800. The zero-order valence-electron chi connectivity index (χ0n) is 8.92. The van der Waals surface area contributed by atoms with Gasteiger partial charge in [0, 0.05) is 6.61 Å². The average molecular weight is 232 g/mol. The van der Waals surface area contributed by atoms with Crippen molar-refractivity contribution in [3.05, 3.63) is 0 Å². The van der Waals surface area contributed by atoms with Crippen LogP contribution in [-0.4, -0.2) is 47.6 Å². The van der Waals surface area contributed by atoms with Gasteiger partial charge in [0.05, 0.1) is 19.1 Å². The van der Waals surface area contributed by atoms with Gasteiger partial charge >= 0.3 is 11.9 Å². The zero-order chi connectivity index (χ0) is 12.0. The van der Waals surface area contributed by atoms with Gasteiger partial charge in [-0.2, -0.15) is 0 Å². The Balaban J connectivity index is 2.30. The lowest BCUT2D eigenvalue weighted by Crippen LogP contribution is -2.32. The van der Waals surface area contributed by atoms with Crippen molar-refractivity contribution in [2.75, 3.05) is 13.2 Å². The normalized spacial score (nSPS) is 22.6. The fourth-order valence-corrected chi connectivity index (χ4v) is 1.54. The molecular formula is C10H16O6. The lowest BCUT2D eigenvalue weighted by Gasteiger charge is -2.23. The van der Waals surface area contributed by atoms with Gasteiger partial charge < -0.3 is 19.7 Å². The highest BCUT2D eigenvalue weighted by atomic mass is 16.5. The maximum absolute atomic E-state index is 10.7. The molecule has 1 aliphatic rings. The summed E-state index contributed by atoms with van der Waals surface area (Å²) >= 11 is 0. The first-order chi connectivity index (χ1) is 7.59. The molecule has 0 aromatic rings. The molecule has 0 bridgehead atoms. The van der Waals surface area contributed by atoms with Crippen molar-refractivity contribution in [2.24, 2.45) is 0 Å². The standard InChI is InChI=1S/C10H16O6/c11-9(12)5-8(10(13)14)16-6-7-3-1-2-4-15-7/h7-8H,1-6H2,(H,11,12)(H,13,14)/t7-,8+/m0/s1. The molecule has 0 saturated carbocycles. The first-order valence-corrected chi connectivity index (χ1v) is 5.27. The SMILES string of the molecule is O=C(O)C[C@@H](OC[C@@H]1CCCCO1)C(=O)O. The summed E-state index contributed by atoms with van der Waals surface area (Å²) in [6.07, 6.45) is 0.951. The maximum atomic E-state index is 10.7. The summed E-state index contributed by atoms with van der Waals surface area (Å²) in [5.74, 6) is -2.44. The highest BCUT2D eigenvalue weighted by molar-refractivity contribution is 5.79. The molecule has 1 fully saturated rings. The minimum absolute atomic E-state index is 0.107. The monoisotopic (exact) mass is 232 g/mol. The number of hydrogen-bond donors (Lipinski definition) is 2. The number of carboxylic acids is 2. The Morgan fingerprint density at radius 2 is 2.12 bits per heavy atom. The van der Waals surface area contributed by atoms with Gasteiger partial charge in [0.1, 0.15) is 0 Å². The van der Waals surface area contributed by atoms with Crippen LogP contribution >= 0.6 is 0 Å². The molecule has 2 atom stereocenters. The molecule has 0 spiro atoms. The molecule has 2 N–H and O–H groups in total. The molecule has 6 nitrogen and oxygen atoms in total. The lowest BCUT2D eigenvalue weighted by atomic mass is 10.1. The first-order valence-electron chi connectivity index (χ1n) is 5.27. The van der Waals surface area contributed by atoms with Crippen molar-refractivity contribution in [2.45, 2.75) is 37.9 Å². The van der Waals surface area contributed by atoms with E-state index >= 15 is 0 Å². The van der Waals surface area contributed by atoms with Gasteiger partial charge in [-0.1, -0.05) is 0 Å². The second kappa shape index (κ2) is 6.44. The fourth-order valence-electron chi connectivity index (χ4n) is 1.54. The van der Waals surface area contributed by atoms with Crippen molar-refractivity contribution in [1.29, 1.82) is 0 Å². The van der Waals surface area contributed by atoms with Crippen molar-refractivity contribution < 1.29 is 29.3 Å². The molecule has 6 heteroatoms. The van der Waals surface area contributed by atoms with Crippen LogP contribution in [0.1, 0.15) is 25.7 Å². The van der Waals surface area contributed by atoms with E-state index in [0.29, 0.717) is 6.61 Å². The second-order valence-electron chi connectivity index (χ2n) is 3.75. The van der Waals surface area contributed by atoms with Gasteiger partial charge in [-0.25, -0.2) is 4.79 Å². The van der Waals surface area contributed by atoms with Gasteiger partial charge in [-0.15, -0.1) is 0 Å². The topological polar surface area (TPSA) is 93.1 Å². The Morgan fingerprint density at radius 3 is 2.62 bits per heavy atom. The Morgan fingerprint density at radius 1 is 1.38 bits per heavy atom. The van der Waals surface area contributed by atoms with E-state index in [-0.39, 0.29) is 12.7 Å². The van der Waals surface area contributed by atoms with E-state index in [4.69, 9.17) is 19.7 Å². The first kappa shape index (κ1) is 12.9. The minimum Gasteiger partial charge on any atom is -0.481 e. The number of hydrogen-bond acceptors (Lipinski definition) is 4. The quantitative estimate of drug-likeness (QED) is 0.692. The van der Waals surface area contributed by atoms with Crippen molar-refractivity contribution >= 4 is 11.9 Å². The summed E-state index contributed by atoms with van der Waals surface area (Å²) in [6, 6.07) is 0. The van der Waals surface area contributed by atoms with Gasteiger partial charge in [0.15, 0.2) is 6.10 Å². The molecule has 0 aromatic heterocycles. The molecule has 0 aliphatic carbocycles. The van der Waals surface area contributed by atoms with Crippen LogP contribution in [0, 0.1) is 0 Å². The molecule has 1 rings (SSSR count). The van der Waals surface area contributed by atoms with Gasteiger partial charge in [-0.05, 0) is 19.3 Å². The van der Waals surface area contributed by atoms with Crippen molar-refractivity contribution in [3.63, 3.8) is 0 Å². The molecule has 16 heavy (non-hydrogen) atoms. The molecule has 1 aliphatic heterocycles. The van der Waals surface area contributed by atoms with Crippen LogP contribution < -0.4 is 0 Å². The van der Waals surface area contributed by atoms with Crippen molar-refractivity contribution in [1.82, 2.24) is 0 Å². The van der Waals surface area contributed by atoms with Gasteiger partial charge in [0.2, 0.25) is 0 Å². The largest absolute Gasteiger partial charge is 0.481 e. The number of ether oxygens (including phenoxy) is 2. The van der Waals surface area contributed by atoms with Crippen LogP contribution in [0.2, 0.25) is 0 Å². The Labute approximate surface area is 93.2 Å². The number of carbonyl (C=O) groups is 2. The zero-order valence-corrected chi connectivity index (χ0v) is 8.92. The summed E-state index contributed by atoms with van der Waals surface area (Å²) in [5, 5.41) is 17.2. The van der Waals surface area contributed by atoms with Crippen LogP contribution in [0.25, 0.3) is 0 Å². The molecule has 0 unspecified atom stereocenters. The van der Waals surface area contributed by atoms with E-state index in [9.17, 15) is 9.59 Å². The van der Waals surface area contributed by atoms with Crippen LogP contribution in [0.4, 0.5) is 0 Å². The van der Waals surface area contributed by atoms with E-state index in [1.807, 2.05) is 0 Å². The third-order valence-corrected chi connectivity index (χ3v) is 2.39. The predicted octanol–water partition coefficient (Wildman–Crippen LogP) is 0.500. The number of carboxylic acid groups (broad SMARTS) is 2. The third-order valence-electron chi connectivity index (χ3n) is 2.39. The number of aliphatic carboxylic acids is 2. The van der Waals surface area contributed by atoms with Crippen LogP contribution in [-0.2, 0) is 19.1 Å². The predicted molar refractivity (Wildman–Crippen MR) is 53.2 cm³/mol. The average Bonchev–Trinajstić information content (AvgIpc) is 2.25. The summed E-state index contributed by atoms with van der Waals surface area (Å²) in [6.45, 7) is 0.801.